The van der Waals surface area contributed by atoms with Gasteiger partial charge in [0.1, 0.15) is 0 Å². The first-order valence-electron chi connectivity index (χ1n) is 7.45. The van der Waals surface area contributed by atoms with Crippen molar-refractivity contribution in [1.29, 1.82) is 0 Å². The first kappa shape index (κ1) is 13.7. The predicted molar refractivity (Wildman–Crippen MR) is 91.1 cm³/mol. The van der Waals surface area contributed by atoms with Crippen molar-refractivity contribution in [2.24, 2.45) is 0 Å². The van der Waals surface area contributed by atoms with Gasteiger partial charge >= 0.3 is 0 Å². The molecule has 0 saturated heterocycles. The second-order valence-corrected chi connectivity index (χ2v) is 5.70. The molecule has 2 aromatic rings. The molecule has 0 unspecified atom stereocenters. The molecule has 1 aliphatic carbocycles. The molecule has 0 spiro atoms. The van der Waals surface area contributed by atoms with E-state index in [1.54, 1.807) is 0 Å². The average molecular weight is 272 g/mol. The maximum absolute atomic E-state index is 3.51. The molecule has 21 heavy (non-hydrogen) atoms. The van der Waals surface area contributed by atoms with Gasteiger partial charge in [0.05, 0.1) is 0 Å². The summed E-state index contributed by atoms with van der Waals surface area (Å²) in [5.74, 6) is 0. The summed E-state index contributed by atoms with van der Waals surface area (Å²) in [7, 11) is 0. The van der Waals surface area contributed by atoms with Gasteiger partial charge in [-0.25, -0.2) is 0 Å². The van der Waals surface area contributed by atoms with Crippen LogP contribution >= 0.6 is 0 Å². The van der Waals surface area contributed by atoms with Crippen LogP contribution in [0.3, 0.4) is 0 Å². The van der Waals surface area contributed by atoms with E-state index in [-0.39, 0.29) is 0 Å². The molecule has 0 nitrogen and oxygen atoms in total. The van der Waals surface area contributed by atoms with Crippen molar-refractivity contribution in [2.75, 3.05) is 0 Å². The molecule has 0 bridgehead atoms. The summed E-state index contributed by atoms with van der Waals surface area (Å²) in [6, 6.07) is 17.4. The van der Waals surface area contributed by atoms with E-state index in [1.807, 2.05) is 0 Å². The standard InChI is InChI=1S/C21H20/c1-15-11-13-19(14-12-15)21-10-6-8-18-7-4-5-9-20(18)16(2)17(21)3/h4-7,9,11-14H,8H2,1-3H3. The van der Waals surface area contributed by atoms with E-state index in [0.29, 0.717) is 0 Å². The zero-order valence-electron chi connectivity index (χ0n) is 12.9. The van der Waals surface area contributed by atoms with Crippen molar-refractivity contribution in [2.45, 2.75) is 27.2 Å². The van der Waals surface area contributed by atoms with Gasteiger partial charge in [0.2, 0.25) is 0 Å². The lowest BCUT2D eigenvalue weighted by Gasteiger charge is -2.16. The predicted octanol–water partition coefficient (Wildman–Crippen LogP) is 5.58. The number of fused-ring (bicyclic) bond motifs is 1. The molecule has 0 fully saturated rings. The number of allylic oxidation sites excluding steroid dienone is 3. The lowest BCUT2D eigenvalue weighted by Crippen LogP contribution is -1.97. The Balaban J connectivity index is 2.17. The molecular formula is C21H20. The number of hydrogen-bond donors (Lipinski definition) is 0. The number of aryl methyl sites for hydroxylation is 1. The monoisotopic (exact) mass is 272 g/mol. The van der Waals surface area contributed by atoms with E-state index in [0.717, 1.165) is 6.42 Å². The van der Waals surface area contributed by atoms with E-state index in [1.165, 1.54) is 39.0 Å². The molecule has 0 atom stereocenters. The molecule has 0 aliphatic heterocycles. The third-order valence-electron chi connectivity index (χ3n) is 4.27. The van der Waals surface area contributed by atoms with Crippen LogP contribution in [0.2, 0.25) is 0 Å². The van der Waals surface area contributed by atoms with E-state index >= 15 is 0 Å². The lowest BCUT2D eigenvalue weighted by atomic mass is 9.88. The highest BCUT2D eigenvalue weighted by Crippen LogP contribution is 2.32. The summed E-state index contributed by atoms with van der Waals surface area (Å²) in [6.45, 7) is 6.54. The molecule has 0 heterocycles. The van der Waals surface area contributed by atoms with Crippen molar-refractivity contribution in [3.8, 4) is 0 Å². The normalized spacial score (nSPS) is 14.3. The van der Waals surface area contributed by atoms with Gasteiger partial charge in [-0.3, -0.25) is 0 Å². The Bertz CT molecular complexity index is 764. The molecule has 0 heteroatoms. The second-order valence-electron chi connectivity index (χ2n) is 5.70. The fourth-order valence-electron chi connectivity index (χ4n) is 2.85. The van der Waals surface area contributed by atoms with Gasteiger partial charge in [-0.2, -0.15) is 0 Å². The Morgan fingerprint density at radius 2 is 1.52 bits per heavy atom. The van der Waals surface area contributed by atoms with Gasteiger partial charge in [-0.05, 0) is 61.1 Å². The maximum atomic E-state index is 3.51. The van der Waals surface area contributed by atoms with E-state index in [9.17, 15) is 0 Å². The Morgan fingerprint density at radius 3 is 2.29 bits per heavy atom. The second kappa shape index (κ2) is 5.60. The molecule has 0 radical (unpaired) electrons. The molecule has 0 saturated carbocycles. The van der Waals surface area contributed by atoms with Crippen molar-refractivity contribution in [1.82, 2.24) is 0 Å². The first-order chi connectivity index (χ1) is 10.2. The highest BCUT2D eigenvalue weighted by molar-refractivity contribution is 5.89. The van der Waals surface area contributed by atoms with E-state index in [4.69, 9.17) is 0 Å². The molecule has 2 aromatic carbocycles. The molecule has 104 valence electrons. The van der Waals surface area contributed by atoms with Crippen molar-refractivity contribution in [3.05, 3.63) is 88.2 Å². The molecule has 3 rings (SSSR count). The summed E-state index contributed by atoms with van der Waals surface area (Å²) in [6.07, 6.45) is 3.10. The minimum atomic E-state index is 0.941. The SMILES string of the molecule is CC1=C(C)c2ccccc2CC=C=C1c1ccc(C)cc1. The van der Waals surface area contributed by atoms with Crippen molar-refractivity contribution < 1.29 is 0 Å². The van der Waals surface area contributed by atoms with Gasteiger partial charge in [-0.15, -0.1) is 5.73 Å². The largest absolute Gasteiger partial charge is 0.116 e. The Labute approximate surface area is 127 Å². The Morgan fingerprint density at radius 1 is 0.810 bits per heavy atom. The fraction of sp³-hybridized carbons (Fsp3) is 0.190. The number of rotatable bonds is 1. The topological polar surface area (TPSA) is 0 Å². The maximum Gasteiger partial charge on any atom is 0.0265 e. The summed E-state index contributed by atoms with van der Waals surface area (Å²) in [5.41, 5.74) is 12.7. The van der Waals surface area contributed by atoms with E-state index < -0.39 is 0 Å². The van der Waals surface area contributed by atoms with Crippen LogP contribution in [-0.4, -0.2) is 0 Å². The summed E-state index contributed by atoms with van der Waals surface area (Å²) in [4.78, 5) is 0. The molecule has 0 aromatic heterocycles. The third-order valence-corrected chi connectivity index (χ3v) is 4.27. The Hall–Kier alpha value is -2.30. The quantitative estimate of drug-likeness (QED) is 0.594. The van der Waals surface area contributed by atoms with Crippen LogP contribution in [0.4, 0.5) is 0 Å². The van der Waals surface area contributed by atoms with Gasteiger partial charge in [0.15, 0.2) is 0 Å². The van der Waals surface area contributed by atoms with Crippen molar-refractivity contribution in [3.63, 3.8) is 0 Å². The van der Waals surface area contributed by atoms with E-state index in [2.05, 4.69) is 81.1 Å². The Kier molecular flexibility index (Phi) is 3.64. The smallest absolute Gasteiger partial charge is 0.0265 e. The summed E-state index contributed by atoms with van der Waals surface area (Å²) >= 11 is 0. The molecule has 1 aliphatic rings. The first-order valence-corrected chi connectivity index (χ1v) is 7.45. The lowest BCUT2D eigenvalue weighted by molar-refractivity contribution is 1.24. The number of benzene rings is 2. The average Bonchev–Trinajstić information content (AvgIpc) is 2.51. The number of hydrogen-bond acceptors (Lipinski definition) is 0. The molecule has 0 N–H and O–H groups in total. The minimum absolute atomic E-state index is 0.941. The van der Waals surface area contributed by atoms with Gasteiger partial charge in [0, 0.05) is 5.57 Å². The van der Waals surface area contributed by atoms with Crippen molar-refractivity contribution >= 4 is 11.1 Å². The molecular weight excluding hydrogens is 252 g/mol. The fourth-order valence-corrected chi connectivity index (χ4v) is 2.85. The van der Waals surface area contributed by atoms with Gasteiger partial charge in [-0.1, -0.05) is 54.1 Å². The highest BCUT2D eigenvalue weighted by atomic mass is 14.2. The zero-order valence-corrected chi connectivity index (χ0v) is 12.9. The van der Waals surface area contributed by atoms with Crippen LogP contribution in [0.25, 0.3) is 11.1 Å². The van der Waals surface area contributed by atoms with Crippen LogP contribution < -0.4 is 0 Å². The minimum Gasteiger partial charge on any atom is -0.116 e. The van der Waals surface area contributed by atoms with Crippen LogP contribution in [0.5, 0.6) is 0 Å². The van der Waals surface area contributed by atoms with Gasteiger partial charge in [0.25, 0.3) is 0 Å². The van der Waals surface area contributed by atoms with Gasteiger partial charge < -0.3 is 0 Å². The van der Waals surface area contributed by atoms with Crippen LogP contribution in [0, 0.1) is 6.92 Å². The third kappa shape index (κ3) is 2.63. The van der Waals surface area contributed by atoms with Crippen LogP contribution in [0.1, 0.15) is 36.1 Å². The van der Waals surface area contributed by atoms with Crippen LogP contribution in [-0.2, 0) is 6.42 Å². The molecule has 0 amide bonds. The summed E-state index contributed by atoms with van der Waals surface area (Å²) < 4.78 is 0. The zero-order chi connectivity index (χ0) is 14.8. The van der Waals surface area contributed by atoms with Crippen LogP contribution in [0.15, 0.2) is 65.9 Å². The summed E-state index contributed by atoms with van der Waals surface area (Å²) in [5, 5.41) is 0. The highest BCUT2D eigenvalue weighted by Gasteiger charge is 2.12.